The van der Waals surface area contributed by atoms with E-state index in [1.54, 1.807) is 6.07 Å². The SMILES string of the molecule is O=C(NC[C@@H]1CCNC[C@H]1O)c1ccc[nH]c1=O. The third kappa shape index (κ3) is 2.96. The Morgan fingerprint density at radius 3 is 3.11 bits per heavy atom. The first-order valence-corrected chi connectivity index (χ1v) is 6.03. The summed E-state index contributed by atoms with van der Waals surface area (Å²) in [5.74, 6) is -0.361. The number of amides is 1. The Morgan fingerprint density at radius 1 is 1.56 bits per heavy atom. The summed E-state index contributed by atoms with van der Waals surface area (Å²) in [5.41, 5.74) is -0.304. The zero-order valence-electron chi connectivity index (χ0n) is 9.98. The zero-order chi connectivity index (χ0) is 13.0. The van der Waals surface area contributed by atoms with Gasteiger partial charge in [-0.3, -0.25) is 9.59 Å². The number of aliphatic hydroxyl groups excluding tert-OH is 1. The molecule has 98 valence electrons. The van der Waals surface area contributed by atoms with Crippen LogP contribution >= 0.6 is 0 Å². The van der Waals surface area contributed by atoms with Gasteiger partial charge in [-0.25, -0.2) is 0 Å². The highest BCUT2D eigenvalue weighted by Gasteiger charge is 2.23. The van der Waals surface area contributed by atoms with Crippen LogP contribution in [0.5, 0.6) is 0 Å². The van der Waals surface area contributed by atoms with Gasteiger partial charge < -0.3 is 20.7 Å². The number of piperidine rings is 1. The van der Waals surface area contributed by atoms with E-state index >= 15 is 0 Å². The Labute approximate surface area is 104 Å². The second-order valence-corrected chi connectivity index (χ2v) is 4.44. The molecule has 4 N–H and O–H groups in total. The normalized spacial score (nSPS) is 23.6. The number of aromatic amines is 1. The maximum absolute atomic E-state index is 11.8. The first-order chi connectivity index (χ1) is 8.68. The molecule has 18 heavy (non-hydrogen) atoms. The molecule has 2 rings (SSSR count). The highest BCUT2D eigenvalue weighted by atomic mass is 16.3. The third-order valence-corrected chi connectivity index (χ3v) is 3.18. The summed E-state index contributed by atoms with van der Waals surface area (Å²) in [4.78, 5) is 25.6. The molecule has 1 aromatic heterocycles. The number of H-pyrrole nitrogens is 1. The molecule has 1 fully saturated rings. The number of hydrogen-bond acceptors (Lipinski definition) is 4. The van der Waals surface area contributed by atoms with Crippen LogP contribution < -0.4 is 16.2 Å². The fourth-order valence-electron chi connectivity index (χ4n) is 2.05. The van der Waals surface area contributed by atoms with Gasteiger partial charge in [0.15, 0.2) is 0 Å². The van der Waals surface area contributed by atoms with Crippen LogP contribution in [0.4, 0.5) is 0 Å². The molecule has 0 aromatic carbocycles. The topological polar surface area (TPSA) is 94.2 Å². The molecule has 0 saturated carbocycles. The van der Waals surface area contributed by atoms with Crippen LogP contribution in [0.1, 0.15) is 16.8 Å². The Kier molecular flexibility index (Phi) is 4.11. The molecule has 1 aliphatic heterocycles. The molecule has 6 heteroatoms. The van der Waals surface area contributed by atoms with Crippen LogP contribution in [-0.4, -0.2) is 41.7 Å². The molecule has 0 spiro atoms. The number of carbonyl (C=O) groups is 1. The van der Waals surface area contributed by atoms with Crippen molar-refractivity contribution in [2.75, 3.05) is 19.6 Å². The van der Waals surface area contributed by atoms with E-state index < -0.39 is 17.6 Å². The van der Waals surface area contributed by atoms with Crippen molar-refractivity contribution in [3.05, 3.63) is 34.2 Å². The van der Waals surface area contributed by atoms with Crippen LogP contribution in [-0.2, 0) is 0 Å². The second kappa shape index (κ2) is 5.79. The van der Waals surface area contributed by atoms with Crippen molar-refractivity contribution in [1.82, 2.24) is 15.6 Å². The largest absolute Gasteiger partial charge is 0.391 e. The van der Waals surface area contributed by atoms with Crippen molar-refractivity contribution < 1.29 is 9.90 Å². The summed E-state index contributed by atoms with van der Waals surface area (Å²) in [7, 11) is 0. The standard InChI is InChI=1S/C12H17N3O3/c16-10-7-13-5-3-8(10)6-15-12(18)9-2-1-4-14-11(9)17/h1-2,4,8,10,13,16H,3,5-7H2,(H,14,17)(H,15,18)/t8-,10+/m0/s1. The van der Waals surface area contributed by atoms with Gasteiger partial charge in [-0.15, -0.1) is 0 Å². The van der Waals surface area contributed by atoms with Crippen molar-refractivity contribution in [2.45, 2.75) is 12.5 Å². The molecule has 1 aromatic rings. The van der Waals surface area contributed by atoms with Gasteiger partial charge in [0.25, 0.3) is 11.5 Å². The number of aliphatic hydroxyl groups is 1. The molecule has 1 saturated heterocycles. The Morgan fingerprint density at radius 2 is 2.39 bits per heavy atom. The Balaban J connectivity index is 1.92. The smallest absolute Gasteiger partial charge is 0.260 e. The van der Waals surface area contributed by atoms with Crippen LogP contribution in [0, 0.1) is 5.92 Å². The second-order valence-electron chi connectivity index (χ2n) is 4.44. The molecule has 1 aliphatic rings. The van der Waals surface area contributed by atoms with Gasteiger partial charge in [0.1, 0.15) is 5.56 Å². The number of aromatic nitrogens is 1. The minimum absolute atomic E-state index is 0.0398. The number of nitrogens with one attached hydrogen (secondary N) is 3. The molecule has 2 heterocycles. The fourth-order valence-corrected chi connectivity index (χ4v) is 2.05. The van der Waals surface area contributed by atoms with E-state index in [-0.39, 0.29) is 11.5 Å². The van der Waals surface area contributed by atoms with E-state index in [1.807, 2.05) is 0 Å². The maximum Gasteiger partial charge on any atom is 0.260 e. The molecule has 1 amide bonds. The van der Waals surface area contributed by atoms with Crippen molar-refractivity contribution in [1.29, 1.82) is 0 Å². The monoisotopic (exact) mass is 251 g/mol. The first kappa shape index (κ1) is 12.8. The summed E-state index contributed by atoms with van der Waals surface area (Å²) in [5, 5.41) is 15.5. The van der Waals surface area contributed by atoms with Gasteiger partial charge in [-0.05, 0) is 25.1 Å². The predicted molar refractivity (Wildman–Crippen MR) is 66.4 cm³/mol. The van der Waals surface area contributed by atoms with Crippen LogP contribution in [0.2, 0.25) is 0 Å². The molecular formula is C12H17N3O3. The third-order valence-electron chi connectivity index (χ3n) is 3.18. The molecule has 0 bridgehead atoms. The van der Waals surface area contributed by atoms with Gasteiger partial charge in [0.05, 0.1) is 6.10 Å². The highest BCUT2D eigenvalue weighted by Crippen LogP contribution is 2.11. The fraction of sp³-hybridized carbons (Fsp3) is 0.500. The van der Waals surface area contributed by atoms with E-state index in [2.05, 4.69) is 15.6 Å². The minimum atomic E-state index is -0.451. The lowest BCUT2D eigenvalue weighted by Crippen LogP contribution is -2.45. The Hall–Kier alpha value is -1.66. The van der Waals surface area contributed by atoms with E-state index in [4.69, 9.17) is 0 Å². The summed E-state index contributed by atoms with van der Waals surface area (Å²) in [6, 6.07) is 3.09. The molecule has 2 atom stereocenters. The number of hydrogen-bond donors (Lipinski definition) is 4. The highest BCUT2D eigenvalue weighted by molar-refractivity contribution is 5.93. The van der Waals surface area contributed by atoms with Crippen LogP contribution in [0.3, 0.4) is 0 Å². The number of carbonyl (C=O) groups excluding carboxylic acids is 1. The van der Waals surface area contributed by atoms with Gasteiger partial charge in [-0.1, -0.05) is 0 Å². The van der Waals surface area contributed by atoms with Gasteiger partial charge in [-0.2, -0.15) is 0 Å². The van der Waals surface area contributed by atoms with Crippen molar-refractivity contribution in [3.63, 3.8) is 0 Å². The molecule has 0 unspecified atom stereocenters. The van der Waals surface area contributed by atoms with Crippen molar-refractivity contribution in [2.24, 2.45) is 5.92 Å². The number of β-amino-alcohol motifs (C(OH)–C–C–N with tert-alkyl or cyclic N) is 1. The van der Waals surface area contributed by atoms with Crippen molar-refractivity contribution in [3.8, 4) is 0 Å². The molecule has 6 nitrogen and oxygen atoms in total. The lowest BCUT2D eigenvalue weighted by Gasteiger charge is -2.28. The van der Waals surface area contributed by atoms with Crippen LogP contribution in [0.25, 0.3) is 0 Å². The zero-order valence-corrected chi connectivity index (χ0v) is 9.98. The quantitative estimate of drug-likeness (QED) is 0.558. The summed E-state index contributed by atoms with van der Waals surface area (Å²) < 4.78 is 0. The van der Waals surface area contributed by atoms with Crippen LogP contribution in [0.15, 0.2) is 23.1 Å². The average Bonchev–Trinajstić information content (AvgIpc) is 2.38. The van der Waals surface area contributed by atoms with E-state index in [0.717, 1.165) is 13.0 Å². The van der Waals surface area contributed by atoms with E-state index in [9.17, 15) is 14.7 Å². The summed E-state index contributed by atoms with van der Waals surface area (Å²) in [6.45, 7) is 1.77. The molecule has 0 aliphatic carbocycles. The summed E-state index contributed by atoms with van der Waals surface area (Å²) in [6.07, 6.45) is 1.84. The first-order valence-electron chi connectivity index (χ1n) is 6.03. The van der Waals surface area contributed by atoms with Crippen molar-refractivity contribution >= 4 is 5.91 Å². The lowest BCUT2D eigenvalue weighted by molar-refractivity contribution is 0.0753. The lowest BCUT2D eigenvalue weighted by atomic mass is 9.95. The summed E-state index contributed by atoms with van der Waals surface area (Å²) >= 11 is 0. The van der Waals surface area contributed by atoms with E-state index in [0.29, 0.717) is 13.1 Å². The molecule has 0 radical (unpaired) electrons. The van der Waals surface area contributed by atoms with E-state index in [1.165, 1.54) is 12.3 Å². The average molecular weight is 251 g/mol. The predicted octanol–water partition coefficient (Wildman–Crippen LogP) is -0.925. The maximum atomic E-state index is 11.8. The van der Waals surface area contributed by atoms with Gasteiger partial charge in [0, 0.05) is 25.2 Å². The minimum Gasteiger partial charge on any atom is -0.391 e. The Bertz CT molecular complexity index is 472. The molecular weight excluding hydrogens is 234 g/mol. The van der Waals surface area contributed by atoms with Gasteiger partial charge in [0.2, 0.25) is 0 Å². The van der Waals surface area contributed by atoms with Gasteiger partial charge >= 0.3 is 0 Å². The number of rotatable bonds is 3. The number of pyridine rings is 1.